The molecule has 1 aliphatic rings. The van der Waals surface area contributed by atoms with E-state index in [2.05, 4.69) is 0 Å². The largest absolute Gasteiger partial charge is 0.493 e. The van der Waals surface area contributed by atoms with Crippen molar-refractivity contribution in [1.82, 2.24) is 4.90 Å². The number of methoxy groups -OCH3 is 3. The summed E-state index contributed by atoms with van der Waals surface area (Å²) in [5, 5.41) is 0. The first kappa shape index (κ1) is 22.2. The average molecular weight is 432 g/mol. The van der Waals surface area contributed by atoms with Crippen molar-refractivity contribution in [1.29, 1.82) is 0 Å². The molecular formula is C23H29NO5S. The van der Waals surface area contributed by atoms with Crippen LogP contribution in [0.1, 0.15) is 24.2 Å². The van der Waals surface area contributed by atoms with Gasteiger partial charge < -0.3 is 23.5 Å². The normalized spacial score (nSPS) is 14.8. The van der Waals surface area contributed by atoms with Gasteiger partial charge in [0.25, 0.3) is 0 Å². The molecule has 1 saturated heterocycles. The molecule has 1 fully saturated rings. The molecule has 1 amide bonds. The number of amides is 1. The fourth-order valence-electron chi connectivity index (χ4n) is 3.51. The number of hydrogen-bond acceptors (Lipinski definition) is 6. The van der Waals surface area contributed by atoms with Gasteiger partial charge in [0, 0.05) is 19.2 Å². The van der Waals surface area contributed by atoms with Gasteiger partial charge in [-0.1, -0.05) is 0 Å². The number of carbonyl (C=O) groups is 1. The number of piperidine rings is 1. The molecule has 2 heterocycles. The number of nitrogens with zero attached hydrogens (tertiary/aromatic N) is 1. The Labute approximate surface area is 182 Å². The van der Waals surface area contributed by atoms with Gasteiger partial charge in [-0.05, 0) is 60.4 Å². The third-order valence-corrected chi connectivity index (χ3v) is 6.41. The zero-order valence-corrected chi connectivity index (χ0v) is 18.6. The van der Waals surface area contributed by atoms with E-state index in [1.807, 2.05) is 40.9 Å². The standard InChI is InChI=1S/C23H29NO5S/c1-26-20-13-18(14-21(27-2)23(20)28-3)6-7-22(25)24-10-8-17(9-11-24)15-30-16-19-5-4-12-29-19/h4-7,12-14,17H,8-11,15-16H2,1-3H3/b7-6+. The van der Waals surface area contributed by atoms with Gasteiger partial charge in [0.05, 0.1) is 33.3 Å². The highest BCUT2D eigenvalue weighted by Gasteiger charge is 2.21. The molecule has 0 saturated carbocycles. The van der Waals surface area contributed by atoms with Crippen molar-refractivity contribution in [3.8, 4) is 17.2 Å². The first-order valence-electron chi connectivity index (χ1n) is 10.0. The molecule has 0 aliphatic carbocycles. The summed E-state index contributed by atoms with van der Waals surface area (Å²) in [5.74, 6) is 5.38. The summed E-state index contributed by atoms with van der Waals surface area (Å²) in [5.41, 5.74) is 0.821. The maximum Gasteiger partial charge on any atom is 0.246 e. The van der Waals surface area contributed by atoms with Crippen LogP contribution < -0.4 is 14.2 Å². The fraction of sp³-hybridized carbons (Fsp3) is 0.435. The second kappa shape index (κ2) is 11.0. The minimum Gasteiger partial charge on any atom is -0.493 e. The van der Waals surface area contributed by atoms with E-state index in [-0.39, 0.29) is 5.91 Å². The smallest absolute Gasteiger partial charge is 0.246 e. The van der Waals surface area contributed by atoms with Crippen molar-refractivity contribution < 1.29 is 23.4 Å². The third kappa shape index (κ3) is 5.75. The highest BCUT2D eigenvalue weighted by Crippen LogP contribution is 2.38. The van der Waals surface area contributed by atoms with E-state index in [1.54, 1.807) is 39.7 Å². The highest BCUT2D eigenvalue weighted by molar-refractivity contribution is 7.98. The number of thioether (sulfide) groups is 1. The van der Waals surface area contributed by atoms with Crippen LogP contribution >= 0.6 is 11.8 Å². The lowest BCUT2D eigenvalue weighted by Crippen LogP contribution is -2.38. The lowest BCUT2D eigenvalue weighted by molar-refractivity contribution is -0.127. The van der Waals surface area contributed by atoms with Gasteiger partial charge >= 0.3 is 0 Å². The minimum absolute atomic E-state index is 0.0328. The number of hydrogen-bond donors (Lipinski definition) is 0. The van der Waals surface area contributed by atoms with Gasteiger partial charge in [-0.15, -0.1) is 0 Å². The predicted octanol–water partition coefficient (Wildman–Crippen LogP) is 4.49. The van der Waals surface area contributed by atoms with Gasteiger partial charge in [-0.2, -0.15) is 11.8 Å². The molecule has 0 N–H and O–H groups in total. The average Bonchev–Trinajstić information content (AvgIpc) is 3.30. The molecule has 0 atom stereocenters. The van der Waals surface area contributed by atoms with Crippen molar-refractivity contribution in [2.75, 3.05) is 40.2 Å². The Morgan fingerprint density at radius 3 is 2.43 bits per heavy atom. The summed E-state index contributed by atoms with van der Waals surface area (Å²) in [6.07, 6.45) is 7.19. The summed E-state index contributed by atoms with van der Waals surface area (Å²) in [6, 6.07) is 7.58. The molecule has 2 aromatic rings. The van der Waals surface area contributed by atoms with E-state index < -0.39 is 0 Å². The van der Waals surface area contributed by atoms with E-state index in [0.29, 0.717) is 23.2 Å². The predicted molar refractivity (Wildman–Crippen MR) is 119 cm³/mol. The molecular weight excluding hydrogens is 402 g/mol. The van der Waals surface area contributed by atoms with Crippen LogP contribution in [0.3, 0.4) is 0 Å². The second-order valence-corrected chi connectivity index (χ2v) is 8.19. The summed E-state index contributed by atoms with van der Waals surface area (Å²) < 4.78 is 21.4. The fourth-order valence-corrected chi connectivity index (χ4v) is 4.66. The summed E-state index contributed by atoms with van der Waals surface area (Å²) in [7, 11) is 4.72. The molecule has 0 unspecified atom stereocenters. The lowest BCUT2D eigenvalue weighted by atomic mass is 9.99. The Bertz CT molecular complexity index is 816. The molecule has 1 aromatic carbocycles. The van der Waals surface area contributed by atoms with Crippen LogP contribution in [0.5, 0.6) is 17.2 Å². The monoisotopic (exact) mass is 431 g/mol. The van der Waals surface area contributed by atoms with Gasteiger partial charge in [0.1, 0.15) is 5.76 Å². The molecule has 1 aliphatic heterocycles. The summed E-state index contributed by atoms with van der Waals surface area (Å²) in [4.78, 5) is 14.5. The molecule has 0 radical (unpaired) electrons. The zero-order chi connectivity index (χ0) is 21.3. The van der Waals surface area contributed by atoms with Crippen LogP contribution in [0, 0.1) is 5.92 Å². The van der Waals surface area contributed by atoms with E-state index in [1.165, 1.54) is 0 Å². The molecule has 7 heteroatoms. The maximum atomic E-state index is 12.6. The van der Waals surface area contributed by atoms with E-state index in [9.17, 15) is 4.79 Å². The molecule has 1 aromatic heterocycles. The van der Waals surface area contributed by atoms with Crippen molar-refractivity contribution in [3.63, 3.8) is 0 Å². The number of likely N-dealkylation sites (tertiary alicyclic amines) is 1. The molecule has 3 rings (SSSR count). The van der Waals surface area contributed by atoms with Crippen LogP contribution in [-0.4, -0.2) is 51.0 Å². The van der Waals surface area contributed by atoms with E-state index in [4.69, 9.17) is 18.6 Å². The SMILES string of the molecule is COc1cc(/C=C/C(=O)N2CCC(CSCc3ccco3)CC2)cc(OC)c1OC. The van der Waals surface area contributed by atoms with Gasteiger partial charge in [-0.25, -0.2) is 0 Å². The Kier molecular flexibility index (Phi) is 8.13. The summed E-state index contributed by atoms with van der Waals surface area (Å²) in [6.45, 7) is 1.59. The number of benzene rings is 1. The molecule has 0 bridgehead atoms. The Balaban J connectivity index is 1.50. The Hall–Kier alpha value is -2.54. The molecule has 6 nitrogen and oxygen atoms in total. The van der Waals surface area contributed by atoms with Gasteiger partial charge in [0.15, 0.2) is 11.5 Å². The van der Waals surface area contributed by atoms with E-state index >= 15 is 0 Å². The number of furan rings is 1. The number of ether oxygens (including phenoxy) is 3. The van der Waals surface area contributed by atoms with Crippen molar-refractivity contribution in [3.05, 3.63) is 47.9 Å². The minimum atomic E-state index is 0.0328. The van der Waals surface area contributed by atoms with Crippen LogP contribution in [0.25, 0.3) is 6.08 Å². The third-order valence-electron chi connectivity index (χ3n) is 5.21. The first-order valence-corrected chi connectivity index (χ1v) is 11.2. The molecule has 30 heavy (non-hydrogen) atoms. The van der Waals surface area contributed by atoms with Gasteiger partial charge in [0.2, 0.25) is 11.7 Å². The van der Waals surface area contributed by atoms with Crippen LogP contribution in [0.15, 0.2) is 41.0 Å². The number of rotatable bonds is 9. The van der Waals surface area contributed by atoms with Crippen molar-refractivity contribution in [2.45, 2.75) is 18.6 Å². The summed E-state index contributed by atoms with van der Waals surface area (Å²) >= 11 is 1.90. The number of carbonyl (C=O) groups excluding carboxylic acids is 1. The zero-order valence-electron chi connectivity index (χ0n) is 17.8. The highest BCUT2D eigenvalue weighted by atomic mass is 32.2. The van der Waals surface area contributed by atoms with Crippen molar-refractivity contribution in [2.24, 2.45) is 5.92 Å². The maximum absolute atomic E-state index is 12.6. The topological polar surface area (TPSA) is 61.1 Å². The van der Waals surface area contributed by atoms with E-state index in [0.717, 1.165) is 48.8 Å². The van der Waals surface area contributed by atoms with Gasteiger partial charge in [-0.3, -0.25) is 4.79 Å². The molecule has 0 spiro atoms. The van der Waals surface area contributed by atoms with Crippen LogP contribution in [0.2, 0.25) is 0 Å². The first-order chi connectivity index (χ1) is 14.6. The quantitative estimate of drug-likeness (QED) is 0.545. The molecule has 162 valence electrons. The van der Waals surface area contributed by atoms with Crippen molar-refractivity contribution >= 4 is 23.7 Å². The lowest BCUT2D eigenvalue weighted by Gasteiger charge is -2.31. The van der Waals surface area contributed by atoms with Crippen LogP contribution in [-0.2, 0) is 10.5 Å². The second-order valence-electron chi connectivity index (χ2n) is 7.16. The Morgan fingerprint density at radius 1 is 1.17 bits per heavy atom. The Morgan fingerprint density at radius 2 is 1.87 bits per heavy atom. The van der Waals surface area contributed by atoms with Crippen LogP contribution in [0.4, 0.5) is 0 Å².